The first-order valence-corrected chi connectivity index (χ1v) is 35.1. The van der Waals surface area contributed by atoms with Gasteiger partial charge in [0.1, 0.15) is 66.4 Å². The Kier molecular flexibility index (Phi) is 28.0. The highest BCUT2D eigenvalue weighted by atomic mass is 16.8. The summed E-state index contributed by atoms with van der Waals surface area (Å²) in [6.45, 7) is 1.82. The topological polar surface area (TPSA) is 264 Å². The summed E-state index contributed by atoms with van der Waals surface area (Å²) in [4.78, 5) is 84.9. The summed E-state index contributed by atoms with van der Waals surface area (Å²) in [5, 5.41) is 11.7. The zero-order valence-electron chi connectivity index (χ0n) is 58.6. The minimum atomic E-state index is -1.77. The smallest absolute Gasteiger partial charge is 0.338 e. The number of hydrogen-bond donors (Lipinski definition) is 1. The number of Topliss-reactive ketones (excluding diaryl/α,β-unsaturated/α-hetero) is 1. The molecule has 11 rings (SSSR count). The van der Waals surface area contributed by atoms with Gasteiger partial charge in [-0.05, 0) is 90.9 Å². The largest absolute Gasteiger partial charge is 0.497 e. The summed E-state index contributed by atoms with van der Waals surface area (Å²) in [5.41, 5.74) is 4.30. The average Bonchev–Trinajstić information content (AvgIpc) is 1.49. The summed E-state index contributed by atoms with van der Waals surface area (Å²) in [5.74, 6) is -3.13. The van der Waals surface area contributed by atoms with Crippen molar-refractivity contribution >= 4 is 35.5 Å². The van der Waals surface area contributed by atoms with Gasteiger partial charge < -0.3 is 81.0 Å². The fourth-order valence-corrected chi connectivity index (χ4v) is 13.0. The molecule has 550 valence electrons. The first-order valence-electron chi connectivity index (χ1n) is 35.1. The highest BCUT2D eigenvalue weighted by Gasteiger charge is 2.59. The van der Waals surface area contributed by atoms with Crippen molar-refractivity contribution in [2.24, 2.45) is 0 Å². The number of ether oxygens (including phenoxy) is 15. The summed E-state index contributed by atoms with van der Waals surface area (Å²) in [6.07, 6.45) is -18.1. The van der Waals surface area contributed by atoms with Crippen molar-refractivity contribution in [3.8, 4) is 5.75 Å². The molecule has 2 amide bonds. The van der Waals surface area contributed by atoms with Crippen LogP contribution in [0.2, 0.25) is 0 Å². The normalized spacial score (nSPS) is 25.2. The standard InChI is InChI=1S/C81H89NO22/c1-52(84)38-43-66(86)102-70-63(45-83)100-80(75(103-78(89)59-33-19-9-20-34-59)73(70)104-81-74(97-49-57-31-17-8-18-32-57)72(96-48-56-29-15-7-16-30-56)68(53(2)99-81)93-46-54-25-11-5-12-26-54)98-51-64-69(94-50-58-39-41-60(90-3)42-40-58)71(95-47-55-27-13-6-14-28-55)67(79(101-64)92-44-24-10-21-37-65(85)91-4)82-76(87)61-35-22-23-36-62(61)77(82)88/h5-9,11-20,22-23,25-36,39-42,53,63-64,67-75,79-81,83H,10,21,24,37-38,43-51H2,1-4H3/t53-,63+,64+,67+,68+,69+,70-,71+,72+,73-,74-,75+,79+,80+,81-/m0/s1. The van der Waals surface area contributed by atoms with Gasteiger partial charge in [-0.3, -0.25) is 24.1 Å². The second-order valence-electron chi connectivity index (χ2n) is 25.7. The number of methoxy groups -OCH3 is 2. The summed E-state index contributed by atoms with van der Waals surface area (Å²) >= 11 is 0. The molecule has 3 fully saturated rings. The molecule has 7 aromatic carbocycles. The van der Waals surface area contributed by atoms with Gasteiger partial charge in [0.25, 0.3) is 11.8 Å². The Hall–Kier alpha value is -8.92. The number of benzene rings is 7. The molecule has 3 saturated heterocycles. The molecule has 0 saturated carbocycles. The predicted molar refractivity (Wildman–Crippen MR) is 374 cm³/mol. The number of carbonyl (C=O) groups excluding carboxylic acids is 6. The Morgan fingerprint density at radius 2 is 0.933 bits per heavy atom. The fraction of sp³-hybridized carbons (Fsp3) is 0.407. The van der Waals surface area contributed by atoms with Crippen LogP contribution in [0.15, 0.2) is 200 Å². The Bertz CT molecular complexity index is 3820. The lowest BCUT2D eigenvalue weighted by Gasteiger charge is -2.50. The van der Waals surface area contributed by atoms with Gasteiger partial charge in [0.2, 0.25) is 0 Å². The summed E-state index contributed by atoms with van der Waals surface area (Å²) < 4.78 is 99.9. The first kappa shape index (κ1) is 76.2. The molecule has 4 aliphatic heterocycles. The van der Waals surface area contributed by atoms with E-state index in [0.717, 1.165) is 27.2 Å². The highest BCUT2D eigenvalue weighted by Crippen LogP contribution is 2.40. The van der Waals surface area contributed by atoms with Crippen LogP contribution in [0.4, 0.5) is 0 Å². The maximum absolute atomic E-state index is 15.0. The molecule has 0 bridgehead atoms. The van der Waals surface area contributed by atoms with Gasteiger partial charge in [0.05, 0.1) is 89.7 Å². The van der Waals surface area contributed by atoms with Crippen LogP contribution >= 0.6 is 0 Å². The van der Waals surface area contributed by atoms with E-state index in [1.807, 2.05) is 133 Å². The van der Waals surface area contributed by atoms with Crippen LogP contribution in [0.1, 0.15) is 111 Å². The number of ketones is 1. The number of aliphatic hydroxyl groups is 1. The van der Waals surface area contributed by atoms with E-state index in [4.69, 9.17) is 71.1 Å². The second-order valence-corrected chi connectivity index (χ2v) is 25.7. The minimum absolute atomic E-state index is 0.00148. The molecule has 0 spiro atoms. The summed E-state index contributed by atoms with van der Waals surface area (Å²) in [6, 6.07) is 58.2. The molecule has 7 aromatic rings. The second kappa shape index (κ2) is 38.2. The zero-order chi connectivity index (χ0) is 72.7. The van der Waals surface area contributed by atoms with E-state index >= 15 is 0 Å². The van der Waals surface area contributed by atoms with Crippen molar-refractivity contribution in [2.45, 2.75) is 177 Å². The SMILES string of the molecule is COC(=O)CCCCCO[C@@H]1O[C@H](CO[C@@H]2O[C@H](CO)[C@H](OC(=O)CCC(C)=O)[C@H](O[C@@H]3O[C@@H](C)[C@@H](OCc4ccccc4)[C@@H](OCc4ccccc4)[C@@H]3OCc3ccccc3)[C@H]2OC(=O)c2ccccc2)[C@@H](OCc2ccc(OC)cc2)[C@H](OCc2ccccc2)[C@H]1N1C(=O)c2ccccc2C1=O. The molecule has 15 atom stereocenters. The van der Waals surface area contributed by atoms with E-state index in [0.29, 0.717) is 30.6 Å². The minimum Gasteiger partial charge on any atom is -0.497 e. The molecule has 0 radical (unpaired) electrons. The van der Waals surface area contributed by atoms with Gasteiger partial charge in [-0.15, -0.1) is 0 Å². The number of rotatable bonds is 36. The van der Waals surface area contributed by atoms with Gasteiger partial charge in [-0.25, -0.2) is 4.79 Å². The summed E-state index contributed by atoms with van der Waals surface area (Å²) in [7, 11) is 2.87. The van der Waals surface area contributed by atoms with Crippen molar-refractivity contribution < 1.29 is 105 Å². The number of unbranched alkanes of at least 4 members (excludes halogenated alkanes) is 2. The molecule has 23 heteroatoms. The third-order valence-corrected chi connectivity index (χ3v) is 18.4. The van der Waals surface area contributed by atoms with Crippen LogP contribution in [0.25, 0.3) is 0 Å². The van der Waals surface area contributed by atoms with Crippen LogP contribution in [-0.4, -0.2) is 172 Å². The van der Waals surface area contributed by atoms with Gasteiger partial charge in [-0.1, -0.05) is 170 Å². The lowest BCUT2D eigenvalue weighted by molar-refractivity contribution is -0.370. The lowest BCUT2D eigenvalue weighted by Crippen LogP contribution is -2.68. The zero-order valence-corrected chi connectivity index (χ0v) is 58.6. The van der Waals surface area contributed by atoms with E-state index in [1.54, 1.807) is 68.6 Å². The Morgan fingerprint density at radius 1 is 0.433 bits per heavy atom. The number of esters is 3. The van der Waals surface area contributed by atoms with Crippen LogP contribution in [-0.2, 0) is 114 Å². The van der Waals surface area contributed by atoms with Crippen molar-refractivity contribution in [3.63, 3.8) is 0 Å². The van der Waals surface area contributed by atoms with E-state index in [2.05, 4.69) is 0 Å². The monoisotopic (exact) mass is 1430 g/mol. The Morgan fingerprint density at radius 3 is 1.47 bits per heavy atom. The maximum atomic E-state index is 15.0. The predicted octanol–water partition coefficient (Wildman–Crippen LogP) is 10.4. The molecular formula is C81H89NO22. The number of carbonyl (C=O) groups is 6. The number of hydrogen-bond acceptors (Lipinski definition) is 22. The molecule has 0 aromatic heterocycles. The van der Waals surface area contributed by atoms with Crippen LogP contribution in [0.5, 0.6) is 5.75 Å². The van der Waals surface area contributed by atoms with Gasteiger partial charge in [-0.2, -0.15) is 0 Å². The maximum Gasteiger partial charge on any atom is 0.338 e. The highest BCUT2D eigenvalue weighted by molar-refractivity contribution is 6.21. The van der Waals surface area contributed by atoms with E-state index < -0.39 is 129 Å². The molecule has 1 N–H and O–H groups in total. The Balaban J connectivity index is 1.01. The van der Waals surface area contributed by atoms with Gasteiger partial charge in [0.15, 0.2) is 31.1 Å². The van der Waals surface area contributed by atoms with Crippen LogP contribution in [0, 0.1) is 0 Å². The van der Waals surface area contributed by atoms with Gasteiger partial charge >= 0.3 is 17.9 Å². The first-order chi connectivity index (χ1) is 50.8. The van der Waals surface area contributed by atoms with Gasteiger partial charge in [0, 0.05) is 19.4 Å². The Labute approximate surface area is 604 Å². The number of nitrogens with zero attached hydrogens (tertiary/aromatic N) is 1. The molecule has 23 nitrogen and oxygen atoms in total. The van der Waals surface area contributed by atoms with E-state index in [-0.39, 0.29) is 87.3 Å². The number of aliphatic hydroxyl groups excluding tert-OH is 1. The third-order valence-electron chi connectivity index (χ3n) is 18.4. The van der Waals surface area contributed by atoms with Crippen molar-refractivity contribution in [1.82, 2.24) is 4.90 Å². The molecular weight excluding hydrogens is 1340 g/mol. The number of amides is 2. The van der Waals surface area contributed by atoms with Crippen LogP contribution in [0.3, 0.4) is 0 Å². The quantitative estimate of drug-likeness (QED) is 0.0166. The van der Waals surface area contributed by atoms with Crippen molar-refractivity contribution in [3.05, 3.63) is 245 Å². The molecule has 0 aliphatic carbocycles. The average molecular weight is 1430 g/mol. The molecule has 0 unspecified atom stereocenters. The lowest BCUT2D eigenvalue weighted by atomic mass is 9.94. The molecule has 4 aliphatic rings. The van der Waals surface area contributed by atoms with E-state index in [9.17, 15) is 33.9 Å². The van der Waals surface area contributed by atoms with E-state index in [1.165, 1.54) is 26.2 Å². The van der Waals surface area contributed by atoms with Crippen LogP contribution < -0.4 is 4.74 Å². The third kappa shape index (κ3) is 20.1. The number of fused-ring (bicyclic) bond motifs is 1. The van der Waals surface area contributed by atoms with Crippen molar-refractivity contribution in [2.75, 3.05) is 34.0 Å². The fourth-order valence-electron chi connectivity index (χ4n) is 13.0. The number of imide groups is 1. The molecule has 4 heterocycles. The molecule has 104 heavy (non-hydrogen) atoms. The van der Waals surface area contributed by atoms with Crippen molar-refractivity contribution in [1.29, 1.82) is 0 Å².